The Bertz CT molecular complexity index is 477. The van der Waals surface area contributed by atoms with Crippen LogP contribution in [-0.4, -0.2) is 40.2 Å². The van der Waals surface area contributed by atoms with Crippen LogP contribution >= 0.6 is 12.6 Å². The molecule has 0 aliphatic carbocycles. The Morgan fingerprint density at radius 2 is 2.05 bits per heavy atom. The van der Waals surface area contributed by atoms with Gasteiger partial charge in [-0.15, -0.1) is 0 Å². The van der Waals surface area contributed by atoms with Gasteiger partial charge in [0.25, 0.3) is 0 Å². The zero-order chi connectivity index (χ0) is 14.5. The van der Waals surface area contributed by atoms with Crippen LogP contribution in [-0.2, 0) is 16.0 Å². The second-order valence-electron chi connectivity index (χ2n) is 5.10. The summed E-state index contributed by atoms with van der Waals surface area (Å²) in [7, 11) is 0. The van der Waals surface area contributed by atoms with Gasteiger partial charge in [-0.2, -0.15) is 12.6 Å². The number of likely N-dealkylation sites (tertiary alicyclic amines) is 1. The summed E-state index contributed by atoms with van der Waals surface area (Å²) in [6.07, 6.45) is 1.91. The number of thiol groups is 1. The molecular weight excluding hydrogens is 274 g/mol. The number of rotatable bonds is 5. The molecule has 1 heterocycles. The summed E-state index contributed by atoms with van der Waals surface area (Å²) in [4.78, 5) is 25.2. The molecule has 1 aromatic carbocycles. The minimum absolute atomic E-state index is 0.0891. The summed E-state index contributed by atoms with van der Waals surface area (Å²) in [5, 5.41) is 9.16. The molecule has 0 bridgehead atoms. The van der Waals surface area contributed by atoms with Crippen molar-refractivity contribution in [3.63, 3.8) is 0 Å². The van der Waals surface area contributed by atoms with E-state index in [1.807, 2.05) is 30.3 Å². The third kappa shape index (κ3) is 3.33. The van der Waals surface area contributed by atoms with E-state index in [0.29, 0.717) is 25.1 Å². The number of carbonyl (C=O) groups is 2. The van der Waals surface area contributed by atoms with E-state index in [1.54, 1.807) is 0 Å². The van der Waals surface area contributed by atoms with Crippen molar-refractivity contribution < 1.29 is 14.7 Å². The van der Waals surface area contributed by atoms with Crippen molar-refractivity contribution in [3.8, 4) is 0 Å². The van der Waals surface area contributed by atoms with Crippen molar-refractivity contribution in [2.24, 2.45) is 5.92 Å². The molecule has 0 radical (unpaired) electrons. The summed E-state index contributed by atoms with van der Waals surface area (Å²) < 4.78 is 0. The molecule has 1 aliphatic heterocycles. The van der Waals surface area contributed by atoms with Gasteiger partial charge in [-0.05, 0) is 24.8 Å². The molecule has 0 spiro atoms. The van der Waals surface area contributed by atoms with Crippen molar-refractivity contribution in [2.75, 3.05) is 12.3 Å². The molecule has 2 atom stereocenters. The predicted octanol–water partition coefficient (Wildman–Crippen LogP) is 1.85. The molecule has 1 aliphatic rings. The molecule has 1 fully saturated rings. The lowest BCUT2D eigenvalue weighted by Crippen LogP contribution is -2.44. The average molecular weight is 293 g/mol. The van der Waals surface area contributed by atoms with Crippen molar-refractivity contribution in [1.82, 2.24) is 4.90 Å². The molecule has 1 aromatic rings. The number of hydrogen-bond acceptors (Lipinski definition) is 3. The zero-order valence-corrected chi connectivity index (χ0v) is 12.1. The highest BCUT2D eigenvalue weighted by atomic mass is 32.1. The number of carboxylic acid groups (broad SMARTS) is 1. The first-order valence-corrected chi connectivity index (χ1v) is 7.44. The Kier molecular flexibility index (Phi) is 5.06. The monoisotopic (exact) mass is 293 g/mol. The summed E-state index contributed by atoms with van der Waals surface area (Å²) in [6.45, 7) is 0.537. The molecule has 5 heteroatoms. The maximum Gasteiger partial charge on any atom is 0.326 e. The van der Waals surface area contributed by atoms with Crippen molar-refractivity contribution in [3.05, 3.63) is 35.9 Å². The van der Waals surface area contributed by atoms with Crippen molar-refractivity contribution in [2.45, 2.75) is 25.3 Å². The van der Waals surface area contributed by atoms with E-state index in [9.17, 15) is 9.59 Å². The molecule has 108 valence electrons. The standard InChI is InChI=1S/C15H19NO3S/c17-14(16-8-4-7-13(16)15(18)19)12(10-20)9-11-5-2-1-3-6-11/h1-3,5-6,12-13,20H,4,7-10H2,(H,18,19)/t12?,13-/m1/s1. The van der Waals surface area contributed by atoms with Crippen molar-refractivity contribution >= 4 is 24.5 Å². The number of aliphatic carboxylic acids is 1. The predicted molar refractivity (Wildman–Crippen MR) is 79.9 cm³/mol. The number of amides is 1. The summed E-state index contributed by atoms with van der Waals surface area (Å²) in [6, 6.07) is 9.09. The lowest BCUT2D eigenvalue weighted by Gasteiger charge is -2.26. The molecule has 2 rings (SSSR count). The molecule has 20 heavy (non-hydrogen) atoms. The topological polar surface area (TPSA) is 57.6 Å². The summed E-state index contributed by atoms with van der Waals surface area (Å²) in [5.41, 5.74) is 1.07. The second kappa shape index (κ2) is 6.79. The van der Waals surface area contributed by atoms with E-state index in [2.05, 4.69) is 12.6 Å². The van der Waals surface area contributed by atoms with Gasteiger partial charge in [-0.3, -0.25) is 4.79 Å². The lowest BCUT2D eigenvalue weighted by molar-refractivity contribution is -0.149. The van der Waals surface area contributed by atoms with Gasteiger partial charge < -0.3 is 10.0 Å². The minimum Gasteiger partial charge on any atom is -0.480 e. The van der Waals surface area contributed by atoms with Gasteiger partial charge in [-0.1, -0.05) is 30.3 Å². The van der Waals surface area contributed by atoms with Gasteiger partial charge in [0.1, 0.15) is 6.04 Å². The fourth-order valence-electron chi connectivity index (χ4n) is 2.65. The van der Waals surface area contributed by atoms with Crippen LogP contribution in [0.2, 0.25) is 0 Å². The van der Waals surface area contributed by atoms with E-state index < -0.39 is 12.0 Å². The van der Waals surface area contributed by atoms with E-state index in [1.165, 1.54) is 4.90 Å². The first kappa shape index (κ1) is 14.9. The molecule has 0 aromatic heterocycles. The SMILES string of the molecule is O=C(O)[C@H]1CCCN1C(=O)C(CS)Cc1ccccc1. The Labute approximate surface area is 124 Å². The highest BCUT2D eigenvalue weighted by Gasteiger charge is 2.36. The number of nitrogens with zero attached hydrogens (tertiary/aromatic N) is 1. The van der Waals surface area contributed by atoms with Crippen LogP contribution < -0.4 is 0 Å². The highest BCUT2D eigenvalue weighted by Crippen LogP contribution is 2.22. The fourth-order valence-corrected chi connectivity index (χ4v) is 2.94. The lowest BCUT2D eigenvalue weighted by atomic mass is 9.99. The molecular formula is C15H19NO3S. The summed E-state index contributed by atoms with van der Waals surface area (Å²) >= 11 is 4.26. The van der Waals surface area contributed by atoms with E-state index >= 15 is 0 Å². The van der Waals surface area contributed by atoms with E-state index in [-0.39, 0.29) is 11.8 Å². The Balaban J connectivity index is 2.07. The first-order chi connectivity index (χ1) is 9.63. The van der Waals surface area contributed by atoms with Crippen LogP contribution in [0.5, 0.6) is 0 Å². The molecule has 4 nitrogen and oxygen atoms in total. The Hall–Kier alpha value is -1.49. The van der Waals surface area contributed by atoms with Crippen molar-refractivity contribution in [1.29, 1.82) is 0 Å². The largest absolute Gasteiger partial charge is 0.480 e. The number of carboxylic acids is 1. The summed E-state index contributed by atoms with van der Waals surface area (Å²) in [5.74, 6) is -0.834. The van der Waals surface area contributed by atoms with Gasteiger partial charge in [-0.25, -0.2) is 4.79 Å². The van der Waals surface area contributed by atoms with Gasteiger partial charge >= 0.3 is 5.97 Å². The average Bonchev–Trinajstić information content (AvgIpc) is 2.94. The number of benzene rings is 1. The number of hydrogen-bond donors (Lipinski definition) is 2. The third-order valence-electron chi connectivity index (χ3n) is 3.72. The first-order valence-electron chi connectivity index (χ1n) is 6.81. The Morgan fingerprint density at radius 3 is 2.65 bits per heavy atom. The van der Waals surface area contributed by atoms with Crippen LogP contribution in [0.4, 0.5) is 0 Å². The Morgan fingerprint density at radius 1 is 1.35 bits per heavy atom. The van der Waals surface area contributed by atoms with Crippen LogP contribution in [0.15, 0.2) is 30.3 Å². The van der Waals surface area contributed by atoms with Gasteiger partial charge in [0.15, 0.2) is 0 Å². The fraction of sp³-hybridized carbons (Fsp3) is 0.467. The number of carbonyl (C=O) groups excluding carboxylic acids is 1. The molecule has 1 N–H and O–H groups in total. The van der Waals surface area contributed by atoms with Crippen LogP contribution in [0.3, 0.4) is 0 Å². The second-order valence-corrected chi connectivity index (χ2v) is 5.46. The van der Waals surface area contributed by atoms with Gasteiger partial charge in [0, 0.05) is 12.3 Å². The smallest absolute Gasteiger partial charge is 0.326 e. The van der Waals surface area contributed by atoms with Gasteiger partial charge in [0.2, 0.25) is 5.91 Å². The molecule has 1 amide bonds. The molecule has 1 saturated heterocycles. The molecule has 1 unspecified atom stereocenters. The van der Waals surface area contributed by atoms with Crippen LogP contribution in [0.25, 0.3) is 0 Å². The maximum absolute atomic E-state index is 12.5. The van der Waals surface area contributed by atoms with E-state index in [4.69, 9.17) is 5.11 Å². The van der Waals surface area contributed by atoms with Crippen LogP contribution in [0.1, 0.15) is 18.4 Å². The minimum atomic E-state index is -0.909. The van der Waals surface area contributed by atoms with Gasteiger partial charge in [0.05, 0.1) is 5.92 Å². The third-order valence-corrected chi connectivity index (χ3v) is 4.16. The van der Waals surface area contributed by atoms with Crippen LogP contribution in [0, 0.1) is 5.92 Å². The highest BCUT2D eigenvalue weighted by molar-refractivity contribution is 7.80. The van der Waals surface area contributed by atoms with E-state index in [0.717, 1.165) is 12.0 Å². The normalized spacial score (nSPS) is 19.9. The quantitative estimate of drug-likeness (QED) is 0.815. The maximum atomic E-state index is 12.5. The molecule has 0 saturated carbocycles. The zero-order valence-electron chi connectivity index (χ0n) is 11.2.